The molecule has 61 heavy (non-hydrogen) atoms. The van der Waals surface area contributed by atoms with Gasteiger partial charge in [-0.2, -0.15) is 5.26 Å². The third-order valence-corrected chi connectivity index (χ3v) is 12.8. The maximum atomic E-state index is 15.6. The Kier molecular flexibility index (Phi) is 11.6. The highest BCUT2D eigenvalue weighted by Crippen LogP contribution is 2.34. The Bertz CT molecular complexity index is 2300. The second-order valence-electron chi connectivity index (χ2n) is 16.6. The molecule has 5 aliphatic rings. The van der Waals surface area contributed by atoms with Crippen LogP contribution in [0.3, 0.4) is 0 Å². The zero-order valence-electron chi connectivity index (χ0n) is 34.5. The maximum absolute atomic E-state index is 15.6. The number of ether oxygens (including phenoxy) is 1. The number of anilines is 4. The lowest BCUT2D eigenvalue weighted by Crippen LogP contribution is -2.59. The smallest absolute Gasteiger partial charge is 0.322 e. The Labute approximate surface area is 352 Å². The molecule has 3 aromatic rings. The Hall–Kier alpha value is -6.28. The Morgan fingerprint density at radius 2 is 1.56 bits per heavy atom. The molecule has 5 aliphatic heterocycles. The topological polar surface area (TPSA) is 162 Å². The fourth-order valence-corrected chi connectivity index (χ4v) is 9.35. The summed E-state index contributed by atoms with van der Waals surface area (Å²) in [4.78, 5) is 75.1. The van der Waals surface area contributed by atoms with Crippen molar-refractivity contribution in [2.75, 3.05) is 86.0 Å². The Balaban J connectivity index is 0.808. The third kappa shape index (κ3) is 8.16. The van der Waals surface area contributed by atoms with Crippen LogP contribution in [0.2, 0.25) is 0 Å². The van der Waals surface area contributed by atoms with Crippen molar-refractivity contribution in [3.05, 3.63) is 76.9 Å². The number of hydrogen-bond acceptors (Lipinski definition) is 11. The molecule has 17 heteroatoms. The molecule has 0 saturated carbocycles. The Morgan fingerprint density at radius 3 is 2.26 bits per heavy atom. The minimum absolute atomic E-state index is 0.0637. The minimum Gasteiger partial charge on any atom is -0.495 e. The predicted octanol–water partition coefficient (Wildman–Crippen LogP) is 4.42. The zero-order valence-corrected chi connectivity index (χ0v) is 34.5. The van der Waals surface area contributed by atoms with Crippen molar-refractivity contribution in [2.24, 2.45) is 5.92 Å². The van der Waals surface area contributed by atoms with Crippen LogP contribution in [0.5, 0.6) is 5.75 Å². The molecule has 5 heterocycles. The minimum atomic E-state index is -1.01. The van der Waals surface area contributed by atoms with Gasteiger partial charge in [-0.3, -0.25) is 34.3 Å². The highest BCUT2D eigenvalue weighted by molar-refractivity contribution is 6.23. The molecule has 4 fully saturated rings. The van der Waals surface area contributed by atoms with Crippen molar-refractivity contribution >= 4 is 52.4 Å². The summed E-state index contributed by atoms with van der Waals surface area (Å²) in [6, 6.07) is 13.0. The number of nitriles is 1. The van der Waals surface area contributed by atoms with Gasteiger partial charge in [0.25, 0.3) is 11.8 Å². The lowest BCUT2D eigenvalue weighted by molar-refractivity contribution is -0.136. The zero-order chi connectivity index (χ0) is 43.1. The summed E-state index contributed by atoms with van der Waals surface area (Å²) in [5.74, 6) is -2.57. The fraction of sp³-hybridized carbons (Fsp3) is 0.455. The summed E-state index contributed by atoms with van der Waals surface area (Å²) in [6.45, 7) is 9.72. The number of benzene rings is 3. The molecule has 0 spiro atoms. The van der Waals surface area contributed by atoms with Crippen molar-refractivity contribution in [2.45, 2.75) is 57.7 Å². The van der Waals surface area contributed by atoms with Gasteiger partial charge in [-0.15, -0.1) is 0 Å². The SMILES string of the molecule is COc1cc(N2C[C@@H](C)N(C(=O)Nc3cc(F)c(N4CCC(CN5CCN(c6ccc7c(c6)C(=O)N([C@@H]6CCC(=O)NC6=O)C7=O)CC5)CC4)cc3F)C[C@@H]2C)ccc1C#N. The quantitative estimate of drug-likeness (QED) is 0.309. The van der Waals surface area contributed by atoms with Crippen LogP contribution in [0.4, 0.5) is 36.3 Å². The standard InChI is InChI=1S/C44H49F2N9O6/c1-26-24-54(27(2)23-53(26)31-5-4-29(22-47)39(19-31)61-3)44(60)48-36-20-35(46)38(21-34(36)45)52-12-10-28(11-13-52)25-50-14-16-51(17-15-50)30-6-7-32-33(18-30)43(59)55(42(32)58)37-8-9-40(56)49-41(37)57/h4-7,18-21,26-28,37H,8-17,23-25H2,1-3H3,(H,48,60)(H,49,56,57)/t26-,27+,37+/m0/s1. The summed E-state index contributed by atoms with van der Waals surface area (Å²) in [7, 11) is 1.51. The van der Waals surface area contributed by atoms with E-state index >= 15 is 8.78 Å². The highest BCUT2D eigenvalue weighted by atomic mass is 19.1. The number of amides is 6. The van der Waals surface area contributed by atoms with Gasteiger partial charge < -0.3 is 29.7 Å². The molecule has 0 aromatic heterocycles. The van der Waals surface area contributed by atoms with Gasteiger partial charge in [0.2, 0.25) is 11.8 Å². The normalized spacial score (nSPS) is 22.6. The summed E-state index contributed by atoms with van der Waals surface area (Å²) in [5, 5.41) is 14.2. The number of nitrogens with one attached hydrogen (secondary N) is 2. The van der Waals surface area contributed by atoms with Crippen molar-refractivity contribution in [1.29, 1.82) is 5.26 Å². The second-order valence-corrected chi connectivity index (χ2v) is 16.6. The molecule has 6 amide bonds. The number of imide groups is 2. The first-order valence-electron chi connectivity index (χ1n) is 20.8. The van der Waals surface area contributed by atoms with Gasteiger partial charge in [0, 0.05) is 107 Å². The highest BCUT2D eigenvalue weighted by Gasteiger charge is 2.45. The lowest BCUT2D eigenvalue weighted by atomic mass is 9.95. The number of fused-ring (bicyclic) bond motifs is 1. The maximum Gasteiger partial charge on any atom is 0.322 e. The van der Waals surface area contributed by atoms with Crippen LogP contribution in [0.15, 0.2) is 48.5 Å². The van der Waals surface area contributed by atoms with Crippen LogP contribution in [0.1, 0.15) is 65.8 Å². The van der Waals surface area contributed by atoms with Crippen LogP contribution < -0.4 is 30.1 Å². The predicted molar refractivity (Wildman–Crippen MR) is 223 cm³/mol. The first kappa shape index (κ1) is 41.5. The van der Waals surface area contributed by atoms with Crippen LogP contribution in [0.25, 0.3) is 0 Å². The van der Waals surface area contributed by atoms with Crippen LogP contribution in [-0.2, 0) is 9.59 Å². The first-order valence-corrected chi connectivity index (χ1v) is 20.8. The monoisotopic (exact) mass is 837 g/mol. The molecule has 0 unspecified atom stereocenters. The number of carbonyl (C=O) groups is 5. The lowest BCUT2D eigenvalue weighted by Gasteiger charge is -2.45. The van der Waals surface area contributed by atoms with Crippen LogP contribution >= 0.6 is 0 Å². The molecule has 0 bridgehead atoms. The summed E-state index contributed by atoms with van der Waals surface area (Å²) < 4.78 is 36.5. The molecule has 3 aromatic carbocycles. The third-order valence-electron chi connectivity index (χ3n) is 12.8. The largest absolute Gasteiger partial charge is 0.495 e. The molecule has 0 aliphatic carbocycles. The van der Waals surface area contributed by atoms with Crippen LogP contribution in [-0.4, -0.2) is 128 Å². The van der Waals surface area contributed by atoms with E-state index < -0.39 is 47.3 Å². The molecular formula is C44H49F2N9O6. The van der Waals surface area contributed by atoms with E-state index in [9.17, 15) is 29.2 Å². The average Bonchev–Trinajstić information content (AvgIpc) is 3.50. The summed E-state index contributed by atoms with van der Waals surface area (Å²) in [6.07, 6.45) is 1.78. The molecule has 8 rings (SSSR count). The number of urea groups is 1. The first-order chi connectivity index (χ1) is 29.3. The Morgan fingerprint density at radius 1 is 0.836 bits per heavy atom. The van der Waals surface area contributed by atoms with Gasteiger partial charge in [0.05, 0.1) is 35.2 Å². The van der Waals surface area contributed by atoms with Gasteiger partial charge in [-0.25, -0.2) is 13.6 Å². The van der Waals surface area contributed by atoms with E-state index in [0.29, 0.717) is 56.5 Å². The van der Waals surface area contributed by atoms with Gasteiger partial charge >= 0.3 is 6.03 Å². The molecule has 3 atom stereocenters. The molecule has 0 radical (unpaired) electrons. The molecule has 320 valence electrons. The van der Waals surface area contributed by atoms with Crippen molar-refractivity contribution in [3.63, 3.8) is 0 Å². The second kappa shape index (κ2) is 17.0. The van der Waals surface area contributed by atoms with Gasteiger partial charge in [0.15, 0.2) is 0 Å². The molecule has 15 nitrogen and oxygen atoms in total. The van der Waals surface area contributed by atoms with Gasteiger partial charge in [0.1, 0.15) is 29.5 Å². The number of nitrogens with zero attached hydrogens (tertiary/aromatic N) is 7. The van der Waals surface area contributed by atoms with Crippen molar-refractivity contribution < 1.29 is 37.5 Å². The number of hydrogen-bond donors (Lipinski definition) is 2. The van der Waals surface area contributed by atoms with Crippen LogP contribution in [0, 0.1) is 28.9 Å². The van der Waals surface area contributed by atoms with E-state index in [0.717, 1.165) is 54.8 Å². The molecule has 2 N–H and O–H groups in total. The van der Waals surface area contributed by atoms with Gasteiger partial charge in [-0.1, -0.05) is 0 Å². The number of halogens is 2. The number of piperidine rings is 2. The molecule has 4 saturated heterocycles. The van der Waals surface area contributed by atoms with E-state index in [1.807, 2.05) is 30.9 Å². The average molecular weight is 838 g/mol. The van der Waals surface area contributed by atoms with E-state index in [1.165, 1.54) is 13.2 Å². The summed E-state index contributed by atoms with van der Waals surface area (Å²) >= 11 is 0. The van der Waals surface area contributed by atoms with E-state index in [4.69, 9.17) is 4.74 Å². The van der Waals surface area contributed by atoms with E-state index in [2.05, 4.69) is 31.4 Å². The number of rotatable bonds is 8. The number of piperazine rings is 2. The van der Waals surface area contributed by atoms with E-state index in [1.54, 1.807) is 29.2 Å². The fourth-order valence-electron chi connectivity index (χ4n) is 9.35. The van der Waals surface area contributed by atoms with Crippen molar-refractivity contribution in [3.8, 4) is 11.8 Å². The summed E-state index contributed by atoms with van der Waals surface area (Å²) in [5.41, 5.74) is 2.58. The van der Waals surface area contributed by atoms with E-state index in [-0.39, 0.29) is 47.4 Å². The van der Waals surface area contributed by atoms with Crippen molar-refractivity contribution in [1.82, 2.24) is 20.0 Å². The van der Waals surface area contributed by atoms with Gasteiger partial charge in [-0.05, 0) is 69.4 Å². The number of methoxy groups -OCH3 is 1. The number of carbonyl (C=O) groups excluding carboxylic acids is 5. The molecular weight excluding hydrogens is 789 g/mol.